The summed E-state index contributed by atoms with van der Waals surface area (Å²) in [6.07, 6.45) is 1.77. The third-order valence-corrected chi connectivity index (χ3v) is 4.53. The van der Waals surface area contributed by atoms with Crippen LogP contribution in [0.1, 0.15) is 23.5 Å². The molecule has 8 heteroatoms. The van der Waals surface area contributed by atoms with Gasteiger partial charge in [-0.05, 0) is 30.0 Å². The molecule has 1 aromatic heterocycles. The predicted octanol–water partition coefficient (Wildman–Crippen LogP) is 2.87. The van der Waals surface area contributed by atoms with Gasteiger partial charge in [-0.15, -0.1) is 0 Å². The molecule has 114 valence electrons. The Morgan fingerprint density at radius 2 is 2.18 bits per heavy atom. The van der Waals surface area contributed by atoms with Gasteiger partial charge in [-0.25, -0.2) is 9.37 Å². The molecule has 1 amide bonds. The minimum atomic E-state index is -0.659. The van der Waals surface area contributed by atoms with Crippen molar-refractivity contribution >= 4 is 39.4 Å². The number of H-pyrrole nitrogens is 1. The zero-order chi connectivity index (χ0) is 15.9. The van der Waals surface area contributed by atoms with E-state index in [1.54, 1.807) is 18.4 Å². The monoisotopic (exact) mass is 383 g/mol. The van der Waals surface area contributed by atoms with Crippen molar-refractivity contribution in [2.75, 3.05) is 11.6 Å². The number of aromatic amines is 1. The van der Waals surface area contributed by atoms with E-state index >= 15 is 0 Å². The molecule has 0 bridgehead atoms. The molecule has 0 saturated heterocycles. The number of benzene rings is 1. The maximum absolute atomic E-state index is 14.2. The van der Waals surface area contributed by atoms with Crippen molar-refractivity contribution in [3.63, 3.8) is 0 Å². The van der Waals surface area contributed by atoms with Crippen LogP contribution < -0.4 is 10.9 Å². The van der Waals surface area contributed by atoms with Gasteiger partial charge in [-0.1, -0.05) is 27.7 Å². The van der Waals surface area contributed by atoms with Crippen molar-refractivity contribution in [3.8, 4) is 0 Å². The van der Waals surface area contributed by atoms with Crippen LogP contribution in [0.3, 0.4) is 0 Å². The first-order chi connectivity index (χ1) is 10.5. The van der Waals surface area contributed by atoms with Crippen LogP contribution in [0.4, 0.5) is 10.2 Å². The zero-order valence-corrected chi connectivity index (χ0v) is 13.8. The average molecular weight is 384 g/mol. The Hall–Kier alpha value is -1.67. The number of hydrogen-bond acceptors (Lipinski definition) is 4. The second-order valence-corrected chi connectivity index (χ2v) is 6.52. The minimum absolute atomic E-state index is 0.00372. The van der Waals surface area contributed by atoms with Gasteiger partial charge in [-0.3, -0.25) is 9.59 Å². The summed E-state index contributed by atoms with van der Waals surface area (Å²) in [6.45, 7) is 0. The van der Waals surface area contributed by atoms with Gasteiger partial charge in [0.05, 0.1) is 5.56 Å². The normalized spacial score (nSPS) is 17.0. The molecule has 2 N–H and O–H groups in total. The number of nitrogens with zero attached hydrogens (tertiary/aromatic N) is 1. The molecule has 3 rings (SSSR count). The first-order valence-corrected chi connectivity index (χ1v) is 8.44. The second kappa shape index (κ2) is 5.85. The molecule has 0 fully saturated rings. The third-order valence-electron chi connectivity index (χ3n) is 3.46. The van der Waals surface area contributed by atoms with Crippen molar-refractivity contribution in [2.45, 2.75) is 17.5 Å². The molecular formula is C14H11BrFN3O2S. The van der Waals surface area contributed by atoms with Crippen molar-refractivity contribution in [1.29, 1.82) is 0 Å². The number of carbonyl (C=O) groups excluding carboxylic acids is 1. The molecule has 0 saturated carbocycles. The molecule has 0 aliphatic carbocycles. The van der Waals surface area contributed by atoms with Crippen LogP contribution in [-0.2, 0) is 4.79 Å². The van der Waals surface area contributed by atoms with Gasteiger partial charge in [0.2, 0.25) is 5.91 Å². The van der Waals surface area contributed by atoms with E-state index in [9.17, 15) is 14.0 Å². The van der Waals surface area contributed by atoms with Crippen LogP contribution in [0.5, 0.6) is 0 Å². The van der Waals surface area contributed by atoms with Crippen molar-refractivity contribution in [1.82, 2.24) is 9.97 Å². The maximum Gasteiger partial charge on any atom is 0.257 e. The number of nitrogens with one attached hydrogen (secondary N) is 2. The van der Waals surface area contributed by atoms with E-state index < -0.39 is 11.7 Å². The Morgan fingerprint density at radius 3 is 2.91 bits per heavy atom. The summed E-state index contributed by atoms with van der Waals surface area (Å²) in [5, 5.41) is 2.99. The number of halogens is 2. The van der Waals surface area contributed by atoms with Gasteiger partial charge in [0.1, 0.15) is 11.6 Å². The van der Waals surface area contributed by atoms with Gasteiger partial charge in [0, 0.05) is 16.8 Å². The van der Waals surface area contributed by atoms with Gasteiger partial charge in [0.15, 0.2) is 5.16 Å². The Balaban J connectivity index is 2.22. The molecule has 1 atom stereocenters. The standard InChI is InChI=1S/C14H11BrFN3O2S/c1-22-14-18-12-11(13(21)19-14)8(5-10(20)17-12)7-4-6(15)2-3-9(7)16/h2-4,8H,5H2,1H3,(H2,17,18,19,20,21)/t8-/m1/s1. The zero-order valence-electron chi connectivity index (χ0n) is 11.4. The van der Waals surface area contributed by atoms with Crippen molar-refractivity contribution in [2.24, 2.45) is 0 Å². The first kappa shape index (κ1) is 15.2. The number of hydrogen-bond donors (Lipinski definition) is 2. The van der Waals surface area contributed by atoms with E-state index in [2.05, 4.69) is 31.2 Å². The lowest BCUT2D eigenvalue weighted by Gasteiger charge is -2.24. The van der Waals surface area contributed by atoms with Crippen LogP contribution >= 0.6 is 27.7 Å². The number of aromatic nitrogens is 2. The number of amides is 1. The molecule has 0 unspecified atom stereocenters. The largest absolute Gasteiger partial charge is 0.310 e. The van der Waals surface area contributed by atoms with Crippen LogP contribution in [0.2, 0.25) is 0 Å². The molecule has 2 heterocycles. The average Bonchev–Trinajstić information content (AvgIpc) is 2.48. The van der Waals surface area contributed by atoms with E-state index in [0.717, 1.165) is 0 Å². The fourth-order valence-electron chi connectivity index (χ4n) is 2.49. The number of carbonyl (C=O) groups is 1. The molecule has 1 aliphatic rings. The molecule has 5 nitrogen and oxygen atoms in total. The highest BCUT2D eigenvalue weighted by atomic mass is 79.9. The molecule has 22 heavy (non-hydrogen) atoms. The van der Waals surface area contributed by atoms with E-state index in [-0.39, 0.29) is 29.3 Å². The predicted molar refractivity (Wildman–Crippen MR) is 85.8 cm³/mol. The fourth-order valence-corrected chi connectivity index (χ4v) is 3.25. The lowest BCUT2D eigenvalue weighted by atomic mass is 9.86. The fraction of sp³-hybridized carbons (Fsp3) is 0.214. The van der Waals surface area contributed by atoms with Crippen LogP contribution in [0.15, 0.2) is 32.6 Å². The quantitative estimate of drug-likeness (QED) is 0.617. The molecule has 2 aromatic rings. The lowest BCUT2D eigenvalue weighted by molar-refractivity contribution is -0.116. The molecule has 1 aliphatic heterocycles. The first-order valence-electron chi connectivity index (χ1n) is 6.42. The Bertz CT molecular complexity index is 824. The second-order valence-electron chi connectivity index (χ2n) is 4.81. The smallest absolute Gasteiger partial charge is 0.257 e. The van der Waals surface area contributed by atoms with Gasteiger partial charge >= 0.3 is 0 Å². The Morgan fingerprint density at radius 1 is 1.41 bits per heavy atom. The van der Waals surface area contributed by atoms with E-state index in [1.807, 2.05) is 0 Å². The van der Waals surface area contributed by atoms with E-state index in [1.165, 1.54) is 17.8 Å². The van der Waals surface area contributed by atoms with E-state index in [0.29, 0.717) is 15.2 Å². The summed E-state index contributed by atoms with van der Waals surface area (Å²) in [7, 11) is 0. The highest BCUT2D eigenvalue weighted by Crippen LogP contribution is 2.36. The lowest BCUT2D eigenvalue weighted by Crippen LogP contribution is -2.31. The number of fused-ring (bicyclic) bond motifs is 1. The van der Waals surface area contributed by atoms with Gasteiger partial charge in [-0.2, -0.15) is 0 Å². The van der Waals surface area contributed by atoms with E-state index in [4.69, 9.17) is 0 Å². The molecule has 1 aromatic carbocycles. The van der Waals surface area contributed by atoms with Crippen molar-refractivity contribution in [3.05, 3.63) is 50.0 Å². The third kappa shape index (κ3) is 2.68. The molecule has 0 spiro atoms. The molecular weight excluding hydrogens is 373 g/mol. The summed E-state index contributed by atoms with van der Waals surface area (Å²) in [4.78, 5) is 31.1. The summed E-state index contributed by atoms with van der Waals surface area (Å²) < 4.78 is 14.8. The minimum Gasteiger partial charge on any atom is -0.310 e. The highest BCUT2D eigenvalue weighted by molar-refractivity contribution is 9.10. The number of anilines is 1. The van der Waals surface area contributed by atoms with Crippen LogP contribution in [0, 0.1) is 5.82 Å². The summed E-state index contributed by atoms with van der Waals surface area (Å²) >= 11 is 4.55. The Labute approximate surface area is 137 Å². The number of rotatable bonds is 2. The number of thioether (sulfide) groups is 1. The summed E-state index contributed by atoms with van der Waals surface area (Å²) in [6, 6.07) is 4.47. The van der Waals surface area contributed by atoms with Crippen LogP contribution in [0.25, 0.3) is 0 Å². The highest BCUT2D eigenvalue weighted by Gasteiger charge is 2.32. The van der Waals surface area contributed by atoms with Crippen molar-refractivity contribution < 1.29 is 9.18 Å². The van der Waals surface area contributed by atoms with Gasteiger partial charge in [0.25, 0.3) is 5.56 Å². The SMILES string of the molecule is CSc1nc2c(c(=O)[nH]1)[C@@H](c1cc(Br)ccc1F)CC(=O)N2. The maximum atomic E-state index is 14.2. The summed E-state index contributed by atoms with van der Waals surface area (Å²) in [5.74, 6) is -1.20. The summed E-state index contributed by atoms with van der Waals surface area (Å²) in [5.41, 5.74) is 0.225. The van der Waals surface area contributed by atoms with Gasteiger partial charge < -0.3 is 10.3 Å². The van der Waals surface area contributed by atoms with Crippen LogP contribution in [-0.4, -0.2) is 22.1 Å². The Kier molecular flexibility index (Phi) is 4.05. The molecule has 0 radical (unpaired) electrons. The topological polar surface area (TPSA) is 74.8 Å².